The van der Waals surface area contributed by atoms with Crippen LogP contribution in [0.2, 0.25) is 0 Å². The van der Waals surface area contributed by atoms with Crippen LogP contribution in [-0.4, -0.2) is 18.6 Å². The molecule has 132 valence electrons. The first-order valence-corrected chi connectivity index (χ1v) is 8.72. The Morgan fingerprint density at radius 3 is 2.85 bits per heavy atom. The summed E-state index contributed by atoms with van der Waals surface area (Å²) < 4.78 is 10.5. The molecule has 2 aromatic heterocycles. The van der Waals surface area contributed by atoms with Crippen LogP contribution in [0, 0.1) is 0 Å². The standard InChI is InChI=1S/C21H20N2O3/c1-25-16-6-7-18-15(10-21(24)26-20(18)11-16)12-22-9-8-14-13-23-19-5-3-2-4-17(14)19/h2-7,10-11,13,22-23H,8-9,12H2,1H3/p+1. The zero-order valence-corrected chi connectivity index (χ0v) is 14.6. The van der Waals surface area contributed by atoms with Crippen LogP contribution >= 0.6 is 0 Å². The predicted octanol–water partition coefficient (Wildman–Crippen LogP) is 2.59. The first-order chi connectivity index (χ1) is 12.7. The summed E-state index contributed by atoms with van der Waals surface area (Å²) >= 11 is 0. The number of aromatic nitrogens is 1. The molecule has 0 unspecified atom stereocenters. The number of hydrogen-bond donors (Lipinski definition) is 2. The van der Waals surface area contributed by atoms with Crippen molar-refractivity contribution in [3.63, 3.8) is 0 Å². The summed E-state index contributed by atoms with van der Waals surface area (Å²) in [6.07, 6.45) is 3.05. The van der Waals surface area contributed by atoms with Crippen molar-refractivity contribution < 1.29 is 14.5 Å². The minimum atomic E-state index is -0.328. The fourth-order valence-corrected chi connectivity index (χ4v) is 3.36. The van der Waals surface area contributed by atoms with Gasteiger partial charge in [0.15, 0.2) is 0 Å². The second kappa shape index (κ2) is 7.06. The van der Waals surface area contributed by atoms with Gasteiger partial charge in [0.25, 0.3) is 0 Å². The fraction of sp³-hybridized carbons (Fsp3) is 0.190. The third-order valence-corrected chi connectivity index (χ3v) is 4.69. The molecule has 0 radical (unpaired) electrons. The van der Waals surface area contributed by atoms with Crippen LogP contribution in [-0.2, 0) is 13.0 Å². The maximum Gasteiger partial charge on any atom is 0.336 e. The summed E-state index contributed by atoms with van der Waals surface area (Å²) in [6.45, 7) is 1.68. The van der Waals surface area contributed by atoms with E-state index >= 15 is 0 Å². The first kappa shape index (κ1) is 16.4. The van der Waals surface area contributed by atoms with Crippen molar-refractivity contribution in [3.8, 4) is 5.75 Å². The minimum absolute atomic E-state index is 0.328. The molecule has 0 fully saturated rings. The lowest BCUT2D eigenvalue weighted by Crippen LogP contribution is -2.83. The number of para-hydroxylation sites is 1. The summed E-state index contributed by atoms with van der Waals surface area (Å²) in [6, 6.07) is 15.5. The Labute approximate surface area is 150 Å². The largest absolute Gasteiger partial charge is 0.497 e. The van der Waals surface area contributed by atoms with E-state index in [9.17, 15) is 4.79 Å². The summed E-state index contributed by atoms with van der Waals surface area (Å²) in [5, 5.41) is 4.45. The number of quaternary nitrogens is 1. The van der Waals surface area contributed by atoms with Gasteiger partial charge >= 0.3 is 5.63 Å². The lowest BCUT2D eigenvalue weighted by Gasteiger charge is -2.06. The molecule has 0 aliphatic carbocycles. The molecule has 0 saturated heterocycles. The number of nitrogens with two attached hydrogens (primary N) is 1. The number of aromatic amines is 1. The number of H-pyrrole nitrogens is 1. The van der Waals surface area contributed by atoms with Gasteiger partial charge in [0.2, 0.25) is 0 Å². The summed E-state index contributed by atoms with van der Waals surface area (Å²) in [4.78, 5) is 15.2. The zero-order valence-electron chi connectivity index (χ0n) is 14.6. The van der Waals surface area contributed by atoms with E-state index in [-0.39, 0.29) is 5.63 Å². The van der Waals surface area contributed by atoms with Gasteiger partial charge in [0.1, 0.15) is 17.9 Å². The van der Waals surface area contributed by atoms with Crippen LogP contribution < -0.4 is 15.7 Å². The Morgan fingerprint density at radius 2 is 1.96 bits per heavy atom. The summed E-state index contributed by atoms with van der Waals surface area (Å²) in [5.74, 6) is 0.682. The molecular weight excluding hydrogens is 328 g/mol. The zero-order chi connectivity index (χ0) is 17.9. The monoisotopic (exact) mass is 349 g/mol. The summed E-state index contributed by atoms with van der Waals surface area (Å²) in [5.41, 5.74) is 3.71. The van der Waals surface area contributed by atoms with Gasteiger partial charge in [-0.15, -0.1) is 0 Å². The maximum atomic E-state index is 11.8. The van der Waals surface area contributed by atoms with Crippen LogP contribution in [0.25, 0.3) is 21.9 Å². The van der Waals surface area contributed by atoms with Crippen molar-refractivity contribution in [1.29, 1.82) is 0 Å². The molecule has 4 rings (SSSR count). The third kappa shape index (κ3) is 3.21. The number of hydrogen-bond acceptors (Lipinski definition) is 3. The molecule has 0 amide bonds. The van der Waals surface area contributed by atoms with E-state index in [1.54, 1.807) is 19.2 Å². The number of fused-ring (bicyclic) bond motifs is 2. The van der Waals surface area contributed by atoms with Crippen molar-refractivity contribution in [2.24, 2.45) is 0 Å². The normalized spacial score (nSPS) is 11.3. The molecule has 2 heterocycles. The van der Waals surface area contributed by atoms with E-state index in [1.165, 1.54) is 16.5 Å². The first-order valence-electron chi connectivity index (χ1n) is 8.72. The van der Waals surface area contributed by atoms with Gasteiger partial charge in [-0.05, 0) is 23.8 Å². The third-order valence-electron chi connectivity index (χ3n) is 4.69. The molecule has 26 heavy (non-hydrogen) atoms. The van der Waals surface area contributed by atoms with Crippen molar-refractivity contribution >= 4 is 21.9 Å². The smallest absolute Gasteiger partial charge is 0.336 e. The van der Waals surface area contributed by atoms with Gasteiger partial charge < -0.3 is 19.5 Å². The molecule has 3 N–H and O–H groups in total. The molecule has 0 atom stereocenters. The number of ether oxygens (including phenoxy) is 1. The van der Waals surface area contributed by atoms with Crippen LogP contribution in [0.3, 0.4) is 0 Å². The van der Waals surface area contributed by atoms with Gasteiger partial charge in [-0.25, -0.2) is 4.79 Å². The van der Waals surface area contributed by atoms with Gasteiger partial charge in [0, 0.05) is 46.6 Å². The highest BCUT2D eigenvalue weighted by molar-refractivity contribution is 5.83. The Balaban J connectivity index is 1.47. The molecule has 0 aliphatic rings. The molecule has 0 aliphatic heterocycles. The minimum Gasteiger partial charge on any atom is -0.497 e. The lowest BCUT2D eigenvalue weighted by molar-refractivity contribution is -0.669. The molecule has 0 spiro atoms. The second-order valence-corrected chi connectivity index (χ2v) is 6.34. The Hall–Kier alpha value is -3.05. The summed E-state index contributed by atoms with van der Waals surface area (Å²) in [7, 11) is 1.60. The highest BCUT2D eigenvalue weighted by Crippen LogP contribution is 2.22. The Morgan fingerprint density at radius 1 is 1.08 bits per heavy atom. The van der Waals surface area contributed by atoms with Gasteiger partial charge in [-0.1, -0.05) is 18.2 Å². The Kier molecular flexibility index (Phi) is 4.46. The van der Waals surface area contributed by atoms with E-state index in [4.69, 9.17) is 9.15 Å². The highest BCUT2D eigenvalue weighted by atomic mass is 16.5. The number of benzene rings is 2. The quantitative estimate of drug-likeness (QED) is 0.415. The average molecular weight is 349 g/mol. The van der Waals surface area contributed by atoms with Gasteiger partial charge in [-0.3, -0.25) is 0 Å². The van der Waals surface area contributed by atoms with Crippen LogP contribution in [0.15, 0.2) is 63.9 Å². The highest BCUT2D eigenvalue weighted by Gasteiger charge is 2.09. The predicted molar refractivity (Wildman–Crippen MR) is 102 cm³/mol. The Bertz CT molecular complexity index is 1110. The van der Waals surface area contributed by atoms with E-state index in [0.29, 0.717) is 11.3 Å². The molecular formula is C21H21N2O3+. The second-order valence-electron chi connectivity index (χ2n) is 6.34. The molecule has 0 bridgehead atoms. The van der Waals surface area contributed by atoms with E-state index in [0.717, 1.165) is 30.5 Å². The van der Waals surface area contributed by atoms with Crippen molar-refractivity contribution in [2.75, 3.05) is 13.7 Å². The number of methoxy groups -OCH3 is 1. The molecule has 5 nitrogen and oxygen atoms in total. The molecule has 4 aromatic rings. The van der Waals surface area contributed by atoms with Gasteiger partial charge in [-0.2, -0.15) is 0 Å². The van der Waals surface area contributed by atoms with E-state index in [1.807, 2.05) is 18.2 Å². The van der Waals surface area contributed by atoms with Crippen molar-refractivity contribution in [1.82, 2.24) is 4.98 Å². The molecule has 5 heteroatoms. The molecule has 0 saturated carbocycles. The van der Waals surface area contributed by atoms with Gasteiger partial charge in [0.05, 0.1) is 13.7 Å². The fourth-order valence-electron chi connectivity index (χ4n) is 3.36. The van der Waals surface area contributed by atoms with Crippen LogP contribution in [0.5, 0.6) is 5.75 Å². The number of nitrogens with one attached hydrogen (secondary N) is 1. The molecule has 2 aromatic carbocycles. The van der Waals surface area contributed by atoms with E-state index < -0.39 is 0 Å². The van der Waals surface area contributed by atoms with Crippen molar-refractivity contribution in [3.05, 3.63) is 76.3 Å². The average Bonchev–Trinajstić information content (AvgIpc) is 3.07. The van der Waals surface area contributed by atoms with Crippen LogP contribution in [0.1, 0.15) is 11.1 Å². The number of rotatable bonds is 6. The lowest BCUT2D eigenvalue weighted by atomic mass is 10.1. The van der Waals surface area contributed by atoms with E-state index in [2.05, 4.69) is 34.7 Å². The SMILES string of the molecule is COc1ccc2c(C[NH2+]CCc3c[nH]c4ccccc34)cc(=O)oc2c1. The topological polar surface area (TPSA) is 71.8 Å². The van der Waals surface area contributed by atoms with Crippen molar-refractivity contribution in [2.45, 2.75) is 13.0 Å². The maximum absolute atomic E-state index is 11.8. The van der Waals surface area contributed by atoms with Crippen LogP contribution in [0.4, 0.5) is 0 Å².